The van der Waals surface area contributed by atoms with Gasteiger partial charge in [0.2, 0.25) is 0 Å². The average Bonchev–Trinajstić information content (AvgIpc) is 2.44. The lowest BCUT2D eigenvalue weighted by Gasteiger charge is -2.06. The molecule has 21 heavy (non-hydrogen) atoms. The number of benzene rings is 1. The van der Waals surface area contributed by atoms with Crippen LogP contribution in [0.4, 0.5) is 4.79 Å². The van der Waals surface area contributed by atoms with Gasteiger partial charge >= 0.3 is 6.03 Å². The van der Waals surface area contributed by atoms with Crippen LogP contribution in [0.2, 0.25) is 0 Å². The summed E-state index contributed by atoms with van der Waals surface area (Å²) in [6.45, 7) is 3.72. The first kappa shape index (κ1) is 16.4. The third-order valence-corrected chi connectivity index (χ3v) is 2.82. The fourth-order valence-corrected chi connectivity index (χ4v) is 1.83. The van der Waals surface area contributed by atoms with Crippen LogP contribution in [0, 0.1) is 0 Å². The van der Waals surface area contributed by atoms with Crippen molar-refractivity contribution in [1.29, 1.82) is 0 Å². The van der Waals surface area contributed by atoms with Crippen LogP contribution < -0.4 is 21.5 Å². The monoisotopic (exact) mass is 287 g/mol. The molecule has 0 saturated heterocycles. The Kier molecular flexibility index (Phi) is 6.60. The van der Waals surface area contributed by atoms with E-state index in [4.69, 9.17) is 16.2 Å². The summed E-state index contributed by atoms with van der Waals surface area (Å²) in [6.07, 6.45) is 6.58. The van der Waals surface area contributed by atoms with E-state index in [1.54, 1.807) is 19.3 Å². The van der Waals surface area contributed by atoms with Gasteiger partial charge in [-0.05, 0) is 54.5 Å². The SMILES string of the molecule is C=C(/C=C(\C=C/N)CCc1ccc(OC)cc1)NC(N)=O. The zero-order chi connectivity index (χ0) is 15.7. The van der Waals surface area contributed by atoms with E-state index < -0.39 is 6.03 Å². The van der Waals surface area contributed by atoms with Crippen molar-refractivity contribution in [3.05, 3.63) is 66.0 Å². The molecule has 112 valence electrons. The van der Waals surface area contributed by atoms with E-state index in [0.29, 0.717) is 5.70 Å². The van der Waals surface area contributed by atoms with Gasteiger partial charge in [0.05, 0.1) is 7.11 Å². The summed E-state index contributed by atoms with van der Waals surface area (Å²) in [4.78, 5) is 10.8. The van der Waals surface area contributed by atoms with Gasteiger partial charge in [0.15, 0.2) is 0 Å². The van der Waals surface area contributed by atoms with Crippen LogP contribution in [0.1, 0.15) is 12.0 Å². The summed E-state index contributed by atoms with van der Waals surface area (Å²) < 4.78 is 5.12. The van der Waals surface area contributed by atoms with Gasteiger partial charge in [-0.15, -0.1) is 0 Å². The van der Waals surface area contributed by atoms with Crippen LogP contribution in [0.5, 0.6) is 5.75 Å². The van der Waals surface area contributed by atoms with Gasteiger partial charge in [0.25, 0.3) is 0 Å². The third kappa shape index (κ3) is 6.33. The summed E-state index contributed by atoms with van der Waals surface area (Å²) in [5, 5.41) is 2.42. The van der Waals surface area contributed by atoms with Crippen molar-refractivity contribution in [2.75, 3.05) is 7.11 Å². The van der Waals surface area contributed by atoms with Gasteiger partial charge in [0.1, 0.15) is 5.75 Å². The summed E-state index contributed by atoms with van der Waals surface area (Å²) >= 11 is 0. The molecule has 0 aliphatic carbocycles. The maximum absolute atomic E-state index is 10.8. The molecule has 0 spiro atoms. The minimum atomic E-state index is -0.637. The number of ether oxygens (including phenoxy) is 1. The number of amides is 2. The molecule has 0 fully saturated rings. The first-order valence-electron chi connectivity index (χ1n) is 6.52. The summed E-state index contributed by atoms with van der Waals surface area (Å²) in [7, 11) is 1.64. The van der Waals surface area contributed by atoms with Crippen molar-refractivity contribution in [2.45, 2.75) is 12.8 Å². The number of hydrogen-bond donors (Lipinski definition) is 3. The molecule has 0 aliphatic rings. The Balaban J connectivity index is 2.67. The Morgan fingerprint density at radius 1 is 1.38 bits per heavy atom. The predicted octanol–water partition coefficient (Wildman–Crippen LogP) is 2.21. The molecule has 0 unspecified atom stereocenters. The molecule has 0 saturated carbocycles. The lowest BCUT2D eigenvalue weighted by Crippen LogP contribution is -2.27. The molecule has 0 radical (unpaired) electrons. The number of nitrogens with one attached hydrogen (secondary N) is 1. The molecule has 5 nitrogen and oxygen atoms in total. The first-order valence-corrected chi connectivity index (χ1v) is 6.52. The van der Waals surface area contributed by atoms with E-state index in [2.05, 4.69) is 11.9 Å². The standard InChI is InChI=1S/C16H21N3O2/c1-12(19-16(18)20)11-14(9-10-17)4-3-13-5-7-15(21-2)8-6-13/h5-11H,1,3-4,17H2,2H3,(H3,18,19,20)/b10-9-,14-11-. The van der Waals surface area contributed by atoms with E-state index in [9.17, 15) is 4.79 Å². The maximum atomic E-state index is 10.8. The molecular formula is C16H21N3O2. The van der Waals surface area contributed by atoms with Crippen LogP contribution in [-0.2, 0) is 6.42 Å². The highest BCUT2D eigenvalue weighted by Gasteiger charge is 2.00. The highest BCUT2D eigenvalue weighted by atomic mass is 16.5. The summed E-state index contributed by atoms with van der Waals surface area (Å²) in [5.74, 6) is 0.829. The molecule has 0 aliphatic heterocycles. The van der Waals surface area contributed by atoms with Gasteiger partial charge in [-0.3, -0.25) is 0 Å². The van der Waals surface area contributed by atoms with E-state index in [1.165, 1.54) is 11.8 Å². The van der Waals surface area contributed by atoms with E-state index in [-0.39, 0.29) is 0 Å². The predicted molar refractivity (Wildman–Crippen MR) is 84.6 cm³/mol. The molecule has 0 atom stereocenters. The topological polar surface area (TPSA) is 90.4 Å². The molecule has 1 aromatic carbocycles. The molecule has 0 aromatic heterocycles. The summed E-state index contributed by atoms with van der Waals surface area (Å²) in [5.41, 5.74) is 13.0. The second kappa shape index (κ2) is 8.47. The van der Waals surface area contributed by atoms with Crippen molar-refractivity contribution in [3.63, 3.8) is 0 Å². The number of carbonyl (C=O) groups is 1. The molecule has 1 rings (SSSR count). The van der Waals surface area contributed by atoms with Crippen molar-refractivity contribution in [2.24, 2.45) is 11.5 Å². The molecule has 5 heteroatoms. The Morgan fingerprint density at radius 2 is 2.05 bits per heavy atom. The Hall–Kier alpha value is -2.69. The minimum Gasteiger partial charge on any atom is -0.497 e. The van der Waals surface area contributed by atoms with Crippen LogP contribution in [-0.4, -0.2) is 13.1 Å². The minimum absolute atomic E-state index is 0.435. The van der Waals surface area contributed by atoms with Gasteiger partial charge in [-0.1, -0.05) is 18.7 Å². The Labute approximate surface area is 125 Å². The van der Waals surface area contributed by atoms with Crippen molar-refractivity contribution in [3.8, 4) is 5.75 Å². The second-order valence-corrected chi connectivity index (χ2v) is 4.44. The highest BCUT2D eigenvalue weighted by Crippen LogP contribution is 2.15. The normalized spacial score (nSPS) is 11.4. The van der Waals surface area contributed by atoms with Crippen molar-refractivity contribution < 1.29 is 9.53 Å². The van der Waals surface area contributed by atoms with E-state index >= 15 is 0 Å². The zero-order valence-corrected chi connectivity index (χ0v) is 12.1. The molecule has 0 bridgehead atoms. The smallest absolute Gasteiger partial charge is 0.316 e. The largest absolute Gasteiger partial charge is 0.497 e. The van der Waals surface area contributed by atoms with E-state index in [1.807, 2.05) is 24.3 Å². The number of carbonyl (C=O) groups excluding carboxylic acids is 1. The number of rotatable bonds is 7. The second-order valence-electron chi connectivity index (χ2n) is 4.44. The first-order chi connectivity index (χ1) is 10.0. The lowest BCUT2D eigenvalue weighted by atomic mass is 10.0. The fourth-order valence-electron chi connectivity index (χ4n) is 1.83. The van der Waals surface area contributed by atoms with Crippen LogP contribution in [0.3, 0.4) is 0 Å². The van der Waals surface area contributed by atoms with E-state index in [0.717, 1.165) is 24.2 Å². The van der Waals surface area contributed by atoms with Crippen molar-refractivity contribution in [1.82, 2.24) is 5.32 Å². The van der Waals surface area contributed by atoms with Gasteiger partial charge in [-0.2, -0.15) is 0 Å². The molecule has 0 heterocycles. The third-order valence-electron chi connectivity index (χ3n) is 2.82. The number of primary amides is 1. The average molecular weight is 287 g/mol. The molecule has 2 amide bonds. The van der Waals surface area contributed by atoms with Gasteiger partial charge < -0.3 is 21.5 Å². The number of urea groups is 1. The van der Waals surface area contributed by atoms with Gasteiger partial charge in [-0.25, -0.2) is 4.79 Å². The quantitative estimate of drug-likeness (QED) is 0.671. The molecule has 5 N–H and O–H groups in total. The lowest BCUT2D eigenvalue weighted by molar-refractivity contribution is 0.251. The van der Waals surface area contributed by atoms with Crippen LogP contribution >= 0.6 is 0 Å². The number of nitrogens with two attached hydrogens (primary N) is 2. The molecule has 1 aromatic rings. The Morgan fingerprint density at radius 3 is 2.57 bits per heavy atom. The summed E-state index contributed by atoms with van der Waals surface area (Å²) in [6, 6.07) is 7.23. The number of methoxy groups -OCH3 is 1. The number of aryl methyl sites for hydroxylation is 1. The highest BCUT2D eigenvalue weighted by molar-refractivity contribution is 5.74. The molecular weight excluding hydrogens is 266 g/mol. The van der Waals surface area contributed by atoms with Gasteiger partial charge in [0, 0.05) is 5.70 Å². The number of hydrogen-bond acceptors (Lipinski definition) is 3. The number of allylic oxidation sites excluding steroid dienone is 3. The van der Waals surface area contributed by atoms with Crippen molar-refractivity contribution >= 4 is 6.03 Å². The Bertz CT molecular complexity index is 545. The van der Waals surface area contributed by atoms with Crippen LogP contribution in [0.25, 0.3) is 0 Å². The fraction of sp³-hybridized carbons (Fsp3) is 0.188. The maximum Gasteiger partial charge on any atom is 0.316 e. The zero-order valence-electron chi connectivity index (χ0n) is 12.1. The van der Waals surface area contributed by atoms with Crippen LogP contribution in [0.15, 0.2) is 60.5 Å².